The molecule has 1 aromatic rings. The van der Waals surface area contributed by atoms with Crippen molar-refractivity contribution in [2.45, 2.75) is 12.8 Å². The largest absolute Gasteiger partial charge is 0.496 e. The van der Waals surface area contributed by atoms with E-state index in [9.17, 15) is 0 Å². The van der Waals surface area contributed by atoms with Crippen LogP contribution in [0.1, 0.15) is 12.0 Å². The first-order valence-corrected chi connectivity index (χ1v) is 4.76. The molecule has 0 fully saturated rings. The molecule has 0 aliphatic heterocycles. The standard InChI is InChI=1S/C10H10BrNO/c1-13-10-7-9(11)5-4-8(10)3-2-6-12/h4-5,7H,2-3H2,1H3. The SMILES string of the molecule is COc1cc(Br)ccc1CCC#N. The molecule has 0 aliphatic rings. The summed E-state index contributed by atoms with van der Waals surface area (Å²) in [5, 5.41) is 8.45. The fraction of sp³-hybridized carbons (Fsp3) is 0.300. The van der Waals surface area contributed by atoms with Gasteiger partial charge in [0.2, 0.25) is 0 Å². The van der Waals surface area contributed by atoms with Crippen LogP contribution in [-0.2, 0) is 6.42 Å². The van der Waals surface area contributed by atoms with Crippen LogP contribution >= 0.6 is 15.9 Å². The minimum Gasteiger partial charge on any atom is -0.496 e. The number of hydrogen-bond donors (Lipinski definition) is 0. The Morgan fingerprint density at radius 3 is 2.92 bits per heavy atom. The number of nitrogens with zero attached hydrogens (tertiary/aromatic N) is 1. The van der Waals surface area contributed by atoms with Crippen molar-refractivity contribution in [2.75, 3.05) is 7.11 Å². The van der Waals surface area contributed by atoms with E-state index in [2.05, 4.69) is 22.0 Å². The normalized spacial score (nSPS) is 9.31. The van der Waals surface area contributed by atoms with Crippen LogP contribution in [0.4, 0.5) is 0 Å². The first kappa shape index (κ1) is 10.1. The summed E-state index contributed by atoms with van der Waals surface area (Å²) >= 11 is 3.36. The van der Waals surface area contributed by atoms with Crippen LogP contribution in [0.25, 0.3) is 0 Å². The Hall–Kier alpha value is -1.01. The van der Waals surface area contributed by atoms with Gasteiger partial charge in [-0.25, -0.2) is 0 Å². The average molecular weight is 240 g/mol. The zero-order chi connectivity index (χ0) is 9.68. The summed E-state index contributed by atoms with van der Waals surface area (Å²) < 4.78 is 6.17. The molecule has 0 spiro atoms. The minimum atomic E-state index is 0.526. The second-order valence-electron chi connectivity index (χ2n) is 2.61. The van der Waals surface area contributed by atoms with Gasteiger partial charge in [-0.05, 0) is 24.1 Å². The quantitative estimate of drug-likeness (QED) is 0.813. The highest BCUT2D eigenvalue weighted by Crippen LogP contribution is 2.24. The molecule has 0 saturated carbocycles. The molecular formula is C10H10BrNO. The molecule has 0 heterocycles. The summed E-state index contributed by atoms with van der Waals surface area (Å²) in [5.41, 5.74) is 1.08. The molecule has 0 radical (unpaired) electrons. The van der Waals surface area contributed by atoms with Gasteiger partial charge in [0.1, 0.15) is 5.75 Å². The van der Waals surface area contributed by atoms with Crippen LogP contribution in [0.2, 0.25) is 0 Å². The van der Waals surface area contributed by atoms with E-state index < -0.39 is 0 Å². The minimum absolute atomic E-state index is 0.526. The highest BCUT2D eigenvalue weighted by Gasteiger charge is 2.02. The summed E-state index contributed by atoms with van der Waals surface area (Å²) in [7, 11) is 1.64. The maximum absolute atomic E-state index is 8.45. The fourth-order valence-corrected chi connectivity index (χ4v) is 1.46. The Balaban J connectivity index is 2.87. The molecule has 0 unspecified atom stereocenters. The molecule has 13 heavy (non-hydrogen) atoms. The summed E-state index contributed by atoms with van der Waals surface area (Å²) in [6.45, 7) is 0. The Kier molecular flexibility index (Phi) is 3.78. The van der Waals surface area contributed by atoms with E-state index in [1.807, 2.05) is 18.2 Å². The van der Waals surface area contributed by atoms with Crippen LogP contribution < -0.4 is 4.74 Å². The van der Waals surface area contributed by atoms with Crippen molar-refractivity contribution < 1.29 is 4.74 Å². The van der Waals surface area contributed by atoms with Crippen LogP contribution in [-0.4, -0.2) is 7.11 Å². The van der Waals surface area contributed by atoms with E-state index in [0.717, 1.165) is 22.2 Å². The van der Waals surface area contributed by atoms with E-state index in [4.69, 9.17) is 10.00 Å². The molecule has 0 bridgehead atoms. The smallest absolute Gasteiger partial charge is 0.123 e. The monoisotopic (exact) mass is 239 g/mol. The second kappa shape index (κ2) is 4.88. The van der Waals surface area contributed by atoms with Gasteiger partial charge in [0.05, 0.1) is 13.2 Å². The van der Waals surface area contributed by atoms with Gasteiger partial charge in [0.25, 0.3) is 0 Å². The highest BCUT2D eigenvalue weighted by atomic mass is 79.9. The molecular weight excluding hydrogens is 230 g/mol. The first-order chi connectivity index (χ1) is 6.27. The Bertz CT molecular complexity index is 330. The van der Waals surface area contributed by atoms with Crippen molar-refractivity contribution >= 4 is 15.9 Å². The number of benzene rings is 1. The molecule has 2 nitrogen and oxygen atoms in total. The molecule has 1 aromatic carbocycles. The van der Waals surface area contributed by atoms with Gasteiger partial charge in [0, 0.05) is 10.9 Å². The number of halogens is 1. The number of hydrogen-bond acceptors (Lipinski definition) is 2. The number of rotatable bonds is 3. The lowest BCUT2D eigenvalue weighted by atomic mass is 10.1. The lowest BCUT2D eigenvalue weighted by Crippen LogP contribution is -1.91. The van der Waals surface area contributed by atoms with E-state index in [1.165, 1.54) is 0 Å². The maximum atomic E-state index is 8.45. The van der Waals surface area contributed by atoms with Crippen LogP contribution in [0, 0.1) is 11.3 Å². The third-order valence-electron chi connectivity index (χ3n) is 1.76. The van der Waals surface area contributed by atoms with Gasteiger partial charge in [-0.1, -0.05) is 22.0 Å². The topological polar surface area (TPSA) is 33.0 Å². The number of nitriles is 1. The molecule has 68 valence electrons. The summed E-state index contributed by atoms with van der Waals surface area (Å²) in [5.74, 6) is 0.838. The molecule has 0 aromatic heterocycles. The predicted molar refractivity (Wildman–Crippen MR) is 54.6 cm³/mol. The van der Waals surface area contributed by atoms with Gasteiger partial charge < -0.3 is 4.74 Å². The van der Waals surface area contributed by atoms with Crippen molar-refractivity contribution in [3.63, 3.8) is 0 Å². The molecule has 0 atom stereocenters. The zero-order valence-corrected chi connectivity index (χ0v) is 8.97. The van der Waals surface area contributed by atoms with Crippen molar-refractivity contribution in [1.82, 2.24) is 0 Å². The van der Waals surface area contributed by atoms with Crippen LogP contribution in [0.3, 0.4) is 0 Å². The first-order valence-electron chi connectivity index (χ1n) is 3.97. The van der Waals surface area contributed by atoms with Crippen LogP contribution in [0.15, 0.2) is 22.7 Å². The van der Waals surface area contributed by atoms with Crippen LogP contribution in [0.5, 0.6) is 5.75 Å². The molecule has 3 heteroatoms. The molecule has 0 aliphatic carbocycles. The third-order valence-corrected chi connectivity index (χ3v) is 2.25. The predicted octanol–water partition coefficient (Wildman–Crippen LogP) is 2.91. The van der Waals surface area contributed by atoms with E-state index in [0.29, 0.717) is 6.42 Å². The van der Waals surface area contributed by atoms with Gasteiger partial charge in [-0.15, -0.1) is 0 Å². The maximum Gasteiger partial charge on any atom is 0.123 e. The van der Waals surface area contributed by atoms with Gasteiger partial charge in [-0.3, -0.25) is 0 Å². The molecule has 0 N–H and O–H groups in total. The van der Waals surface area contributed by atoms with E-state index >= 15 is 0 Å². The second-order valence-corrected chi connectivity index (χ2v) is 3.53. The number of ether oxygens (including phenoxy) is 1. The van der Waals surface area contributed by atoms with E-state index in [1.54, 1.807) is 7.11 Å². The Labute approximate surface area is 86.3 Å². The molecule has 0 saturated heterocycles. The van der Waals surface area contributed by atoms with Crippen molar-refractivity contribution in [1.29, 1.82) is 5.26 Å². The Morgan fingerprint density at radius 2 is 2.31 bits per heavy atom. The number of aryl methyl sites for hydroxylation is 1. The van der Waals surface area contributed by atoms with Crippen molar-refractivity contribution in [3.05, 3.63) is 28.2 Å². The van der Waals surface area contributed by atoms with Gasteiger partial charge >= 0.3 is 0 Å². The third kappa shape index (κ3) is 2.74. The highest BCUT2D eigenvalue weighted by molar-refractivity contribution is 9.10. The number of methoxy groups -OCH3 is 1. The Morgan fingerprint density at radius 1 is 1.54 bits per heavy atom. The molecule has 1 rings (SSSR count). The van der Waals surface area contributed by atoms with Crippen molar-refractivity contribution in [3.8, 4) is 11.8 Å². The fourth-order valence-electron chi connectivity index (χ4n) is 1.12. The van der Waals surface area contributed by atoms with E-state index in [-0.39, 0.29) is 0 Å². The average Bonchev–Trinajstić information content (AvgIpc) is 2.16. The summed E-state index contributed by atoms with van der Waals surface area (Å²) in [4.78, 5) is 0. The lowest BCUT2D eigenvalue weighted by Gasteiger charge is -2.06. The summed E-state index contributed by atoms with van der Waals surface area (Å²) in [6, 6.07) is 7.95. The summed E-state index contributed by atoms with van der Waals surface area (Å²) in [6.07, 6.45) is 1.27. The molecule has 0 amide bonds. The lowest BCUT2D eigenvalue weighted by molar-refractivity contribution is 0.409. The van der Waals surface area contributed by atoms with Gasteiger partial charge in [0.15, 0.2) is 0 Å². The zero-order valence-electron chi connectivity index (χ0n) is 7.38. The van der Waals surface area contributed by atoms with Gasteiger partial charge in [-0.2, -0.15) is 5.26 Å². The van der Waals surface area contributed by atoms with Crippen molar-refractivity contribution in [2.24, 2.45) is 0 Å².